The van der Waals surface area contributed by atoms with E-state index >= 15 is 0 Å². The van der Waals surface area contributed by atoms with Gasteiger partial charge in [-0.3, -0.25) is 9.59 Å². The summed E-state index contributed by atoms with van der Waals surface area (Å²) in [5.74, 6) is -0.455. The van der Waals surface area contributed by atoms with E-state index in [0.717, 1.165) is 11.9 Å². The quantitative estimate of drug-likeness (QED) is 0.551. The van der Waals surface area contributed by atoms with E-state index in [1.807, 2.05) is 0 Å². The molecule has 3 heteroatoms. The average molecular weight is 173 g/mol. The Labute approximate surface area is 75.2 Å². The van der Waals surface area contributed by atoms with Crippen molar-refractivity contribution in [3.63, 3.8) is 0 Å². The van der Waals surface area contributed by atoms with Gasteiger partial charge in [0.05, 0.1) is 5.92 Å². The Hall–Kier alpha value is -1.77. The largest absolute Gasteiger partial charge is 0.298 e. The second kappa shape index (κ2) is 2.94. The van der Waals surface area contributed by atoms with Gasteiger partial charge in [0.25, 0.3) is 5.91 Å². The van der Waals surface area contributed by atoms with Crippen molar-refractivity contribution in [1.82, 2.24) is 0 Å². The van der Waals surface area contributed by atoms with Crippen molar-refractivity contribution in [3.05, 3.63) is 35.5 Å². The topological polar surface area (TPSA) is 46.5 Å². The molecule has 0 aromatic carbocycles. The molecule has 0 fully saturated rings. The number of aliphatic imine (C=N–C) groups is 1. The van der Waals surface area contributed by atoms with Gasteiger partial charge in [-0.2, -0.15) is 0 Å². The number of rotatable bonds is 1. The van der Waals surface area contributed by atoms with Crippen LogP contribution in [-0.2, 0) is 9.59 Å². The second-order valence-electron chi connectivity index (χ2n) is 2.88. The maximum atomic E-state index is 11.2. The van der Waals surface area contributed by atoms with Crippen molar-refractivity contribution in [2.75, 3.05) is 0 Å². The van der Waals surface area contributed by atoms with Gasteiger partial charge >= 0.3 is 0 Å². The third-order valence-electron chi connectivity index (χ3n) is 2.04. The standard InChI is InChI=1S/C10H7NO2/c12-6-7-1-2-9-8(5-7)3-4-11-10(9)13/h1-6,9H. The van der Waals surface area contributed by atoms with Crippen molar-refractivity contribution in [2.24, 2.45) is 10.9 Å². The molecule has 0 saturated carbocycles. The van der Waals surface area contributed by atoms with E-state index in [-0.39, 0.29) is 11.8 Å². The zero-order chi connectivity index (χ0) is 9.26. The molecule has 1 heterocycles. The predicted molar refractivity (Wildman–Crippen MR) is 48.4 cm³/mol. The highest BCUT2D eigenvalue weighted by atomic mass is 16.1. The zero-order valence-electron chi connectivity index (χ0n) is 6.81. The lowest BCUT2D eigenvalue weighted by Gasteiger charge is -2.16. The van der Waals surface area contributed by atoms with Crippen LogP contribution < -0.4 is 0 Å². The molecule has 1 unspecified atom stereocenters. The summed E-state index contributed by atoms with van der Waals surface area (Å²) in [6, 6.07) is 0. The Kier molecular flexibility index (Phi) is 1.77. The molecule has 1 aliphatic carbocycles. The summed E-state index contributed by atoms with van der Waals surface area (Å²) in [7, 11) is 0. The minimum absolute atomic E-state index is 0.171. The van der Waals surface area contributed by atoms with Gasteiger partial charge in [0, 0.05) is 11.8 Å². The molecule has 3 nitrogen and oxygen atoms in total. The highest BCUT2D eigenvalue weighted by Gasteiger charge is 2.22. The maximum absolute atomic E-state index is 11.2. The first-order valence-electron chi connectivity index (χ1n) is 3.94. The van der Waals surface area contributed by atoms with Gasteiger partial charge in [-0.15, -0.1) is 0 Å². The van der Waals surface area contributed by atoms with Gasteiger partial charge in [0.15, 0.2) is 0 Å². The Morgan fingerprint density at radius 2 is 2.31 bits per heavy atom. The van der Waals surface area contributed by atoms with Crippen LogP contribution in [0.15, 0.2) is 40.4 Å². The number of dihydropyridines is 1. The van der Waals surface area contributed by atoms with Crippen molar-refractivity contribution in [3.8, 4) is 0 Å². The molecule has 0 aromatic rings. The fourth-order valence-corrected chi connectivity index (χ4v) is 1.38. The minimum atomic E-state index is -0.284. The van der Waals surface area contributed by atoms with Crippen molar-refractivity contribution >= 4 is 18.4 Å². The third kappa shape index (κ3) is 1.28. The van der Waals surface area contributed by atoms with Crippen LogP contribution in [0.1, 0.15) is 0 Å². The lowest BCUT2D eigenvalue weighted by Crippen LogP contribution is -2.17. The summed E-state index contributed by atoms with van der Waals surface area (Å²) in [5.41, 5.74) is 1.43. The number of carbonyl (C=O) groups is 2. The lowest BCUT2D eigenvalue weighted by molar-refractivity contribution is -0.119. The molecule has 0 spiro atoms. The number of hydrogen-bond donors (Lipinski definition) is 0. The first-order valence-corrected chi connectivity index (χ1v) is 3.94. The van der Waals surface area contributed by atoms with Gasteiger partial charge in [-0.25, -0.2) is 4.99 Å². The number of hydrogen-bond acceptors (Lipinski definition) is 2. The number of amides is 1. The second-order valence-corrected chi connectivity index (χ2v) is 2.88. The van der Waals surface area contributed by atoms with Gasteiger partial charge < -0.3 is 0 Å². The van der Waals surface area contributed by atoms with Crippen LogP contribution in [0.4, 0.5) is 0 Å². The molecule has 2 rings (SSSR count). The molecule has 0 radical (unpaired) electrons. The van der Waals surface area contributed by atoms with Crippen molar-refractivity contribution in [2.45, 2.75) is 0 Å². The molecule has 0 N–H and O–H groups in total. The number of fused-ring (bicyclic) bond motifs is 1. The number of aldehydes is 1. The summed E-state index contributed by atoms with van der Waals surface area (Å²) in [4.78, 5) is 25.3. The number of carbonyl (C=O) groups excluding carboxylic acids is 2. The monoisotopic (exact) mass is 173 g/mol. The van der Waals surface area contributed by atoms with E-state index in [1.54, 1.807) is 24.3 Å². The summed E-state index contributed by atoms with van der Waals surface area (Å²) < 4.78 is 0. The van der Waals surface area contributed by atoms with E-state index in [0.29, 0.717) is 5.57 Å². The number of nitrogens with zero attached hydrogens (tertiary/aromatic N) is 1. The molecule has 0 aromatic heterocycles. The molecular weight excluding hydrogens is 166 g/mol. The maximum Gasteiger partial charge on any atom is 0.257 e. The van der Waals surface area contributed by atoms with Crippen LogP contribution in [0.5, 0.6) is 0 Å². The first-order chi connectivity index (χ1) is 6.31. The van der Waals surface area contributed by atoms with E-state index in [9.17, 15) is 9.59 Å². The highest BCUT2D eigenvalue weighted by Crippen LogP contribution is 2.24. The third-order valence-corrected chi connectivity index (χ3v) is 2.04. The van der Waals surface area contributed by atoms with Crippen molar-refractivity contribution in [1.29, 1.82) is 0 Å². The number of allylic oxidation sites excluding steroid dienone is 4. The molecular formula is C10H7NO2. The fourth-order valence-electron chi connectivity index (χ4n) is 1.38. The summed E-state index contributed by atoms with van der Waals surface area (Å²) in [6.07, 6.45) is 9.04. The van der Waals surface area contributed by atoms with Crippen LogP contribution in [0.2, 0.25) is 0 Å². The van der Waals surface area contributed by atoms with Gasteiger partial charge in [0.2, 0.25) is 0 Å². The van der Waals surface area contributed by atoms with E-state index in [1.165, 1.54) is 6.21 Å². The summed E-state index contributed by atoms with van der Waals surface area (Å²) in [6.45, 7) is 0. The van der Waals surface area contributed by atoms with Crippen LogP contribution in [-0.4, -0.2) is 18.4 Å². The Bertz CT molecular complexity index is 386. The molecule has 64 valence electrons. The smallest absolute Gasteiger partial charge is 0.257 e. The highest BCUT2D eigenvalue weighted by molar-refractivity contribution is 5.99. The minimum Gasteiger partial charge on any atom is -0.298 e. The Morgan fingerprint density at radius 3 is 3.08 bits per heavy atom. The van der Waals surface area contributed by atoms with Crippen LogP contribution in [0.25, 0.3) is 0 Å². The molecule has 13 heavy (non-hydrogen) atoms. The zero-order valence-corrected chi connectivity index (χ0v) is 6.81. The summed E-state index contributed by atoms with van der Waals surface area (Å²) >= 11 is 0. The van der Waals surface area contributed by atoms with Crippen molar-refractivity contribution < 1.29 is 9.59 Å². The SMILES string of the molecule is O=CC1=CC2=CC=NC(=O)C2C=C1. The van der Waals surface area contributed by atoms with Gasteiger partial charge in [-0.05, 0) is 17.7 Å². The van der Waals surface area contributed by atoms with Crippen LogP contribution in [0.3, 0.4) is 0 Å². The molecule has 1 aliphatic heterocycles. The summed E-state index contributed by atoms with van der Waals surface area (Å²) in [5, 5.41) is 0. The molecule has 1 amide bonds. The normalized spacial score (nSPS) is 24.9. The van der Waals surface area contributed by atoms with Crippen LogP contribution >= 0.6 is 0 Å². The van der Waals surface area contributed by atoms with E-state index < -0.39 is 0 Å². The van der Waals surface area contributed by atoms with E-state index in [2.05, 4.69) is 4.99 Å². The van der Waals surface area contributed by atoms with Gasteiger partial charge in [-0.1, -0.05) is 12.2 Å². The lowest BCUT2D eigenvalue weighted by atomic mass is 9.89. The van der Waals surface area contributed by atoms with E-state index in [4.69, 9.17) is 0 Å². The fraction of sp³-hybridized carbons (Fsp3) is 0.100. The molecule has 0 bridgehead atoms. The average Bonchev–Trinajstić information content (AvgIpc) is 2.18. The first kappa shape index (κ1) is 7.86. The molecule has 1 atom stereocenters. The Morgan fingerprint density at radius 1 is 1.46 bits per heavy atom. The Balaban J connectivity index is 2.41. The van der Waals surface area contributed by atoms with Gasteiger partial charge in [0.1, 0.15) is 6.29 Å². The van der Waals surface area contributed by atoms with Crippen LogP contribution in [0, 0.1) is 5.92 Å². The molecule has 2 aliphatic rings. The molecule has 0 saturated heterocycles. The predicted octanol–water partition coefficient (Wildman–Crippen LogP) is 0.835.